The molecule has 3 N–H and O–H groups in total. The molecule has 0 aliphatic carbocycles. The van der Waals surface area contributed by atoms with Crippen molar-refractivity contribution in [3.63, 3.8) is 0 Å². The van der Waals surface area contributed by atoms with Crippen LogP contribution in [-0.2, 0) is 0 Å². The van der Waals surface area contributed by atoms with Gasteiger partial charge in [-0.2, -0.15) is 4.68 Å². The second kappa shape index (κ2) is 4.19. The van der Waals surface area contributed by atoms with Crippen molar-refractivity contribution in [3.8, 4) is 5.69 Å². The molecule has 1 aromatic carbocycles. The number of nitrogens with zero attached hydrogens (tertiary/aromatic N) is 4. The topological polar surface area (TPSA) is 98.7 Å². The molecule has 0 radical (unpaired) electrons. The molecule has 0 bridgehead atoms. The maximum Gasteiger partial charge on any atom is 0.316 e. The van der Waals surface area contributed by atoms with Gasteiger partial charge in [0.15, 0.2) is 0 Å². The van der Waals surface area contributed by atoms with Gasteiger partial charge >= 0.3 is 6.03 Å². The normalized spacial score (nSPS) is 10.1. The highest BCUT2D eigenvalue weighted by atomic mass is 32.1. The Bertz CT molecular complexity index is 508. The van der Waals surface area contributed by atoms with Gasteiger partial charge in [0.05, 0.1) is 5.69 Å². The second-order valence-corrected chi connectivity index (χ2v) is 3.33. The molecule has 0 saturated carbocycles. The third-order valence-electron chi connectivity index (χ3n) is 1.83. The first-order valence-electron chi connectivity index (χ1n) is 4.31. The summed E-state index contributed by atoms with van der Waals surface area (Å²) >= 11 is 4.08. The number of thiol groups is 1. The van der Waals surface area contributed by atoms with Gasteiger partial charge in [0, 0.05) is 5.69 Å². The van der Waals surface area contributed by atoms with E-state index in [2.05, 4.69) is 33.5 Å². The second-order valence-electron chi connectivity index (χ2n) is 2.93. The van der Waals surface area contributed by atoms with Gasteiger partial charge in [0.25, 0.3) is 0 Å². The number of tetrazole rings is 1. The largest absolute Gasteiger partial charge is 0.351 e. The minimum atomic E-state index is -0.606. The van der Waals surface area contributed by atoms with Crippen molar-refractivity contribution in [2.45, 2.75) is 5.16 Å². The Kier molecular flexibility index (Phi) is 2.73. The van der Waals surface area contributed by atoms with Crippen molar-refractivity contribution in [1.82, 2.24) is 20.2 Å². The van der Waals surface area contributed by atoms with Crippen molar-refractivity contribution < 1.29 is 4.79 Å². The zero-order valence-corrected chi connectivity index (χ0v) is 8.93. The van der Waals surface area contributed by atoms with Crippen LogP contribution in [0.3, 0.4) is 0 Å². The third-order valence-corrected chi connectivity index (χ3v) is 2.11. The lowest BCUT2D eigenvalue weighted by Crippen LogP contribution is -2.19. The molecule has 0 aliphatic rings. The van der Waals surface area contributed by atoms with Crippen LogP contribution in [0.2, 0.25) is 0 Å². The molecule has 0 spiro atoms. The Hall–Kier alpha value is -2.09. The smallest absolute Gasteiger partial charge is 0.316 e. The standard InChI is InChI=1S/C8H8N6OS/c9-7(15)10-5-1-3-6(4-2-5)14-8(16)11-12-13-14/h1-4H,(H3,9,10,15)(H,11,13,16). The average Bonchev–Trinajstić information content (AvgIpc) is 2.65. The molecular weight excluding hydrogens is 228 g/mol. The molecule has 16 heavy (non-hydrogen) atoms. The Morgan fingerprint density at radius 3 is 2.56 bits per heavy atom. The van der Waals surface area contributed by atoms with E-state index < -0.39 is 6.03 Å². The predicted molar refractivity (Wildman–Crippen MR) is 59.6 cm³/mol. The molecule has 0 atom stereocenters. The maximum absolute atomic E-state index is 10.6. The Morgan fingerprint density at radius 1 is 1.38 bits per heavy atom. The first-order valence-corrected chi connectivity index (χ1v) is 4.76. The Balaban J connectivity index is 2.26. The fourth-order valence-electron chi connectivity index (χ4n) is 1.18. The average molecular weight is 236 g/mol. The van der Waals surface area contributed by atoms with Crippen molar-refractivity contribution in [1.29, 1.82) is 0 Å². The van der Waals surface area contributed by atoms with Crippen molar-refractivity contribution in [2.24, 2.45) is 5.73 Å². The fourth-order valence-corrected chi connectivity index (χ4v) is 1.37. The molecule has 0 saturated heterocycles. The summed E-state index contributed by atoms with van der Waals surface area (Å²) in [4.78, 5) is 10.6. The summed E-state index contributed by atoms with van der Waals surface area (Å²) in [6.07, 6.45) is 0. The van der Waals surface area contributed by atoms with Crippen LogP contribution >= 0.6 is 12.6 Å². The number of amides is 2. The zero-order valence-electron chi connectivity index (χ0n) is 8.03. The van der Waals surface area contributed by atoms with E-state index in [4.69, 9.17) is 5.73 Å². The van der Waals surface area contributed by atoms with Crippen LogP contribution in [0, 0.1) is 0 Å². The number of nitrogens with two attached hydrogens (primary N) is 1. The molecule has 7 nitrogen and oxygen atoms in total. The van der Waals surface area contributed by atoms with Crippen molar-refractivity contribution >= 4 is 24.3 Å². The quantitative estimate of drug-likeness (QED) is 0.659. The molecule has 82 valence electrons. The number of nitrogens with one attached hydrogen (secondary N) is 1. The fraction of sp³-hybridized carbons (Fsp3) is 0. The summed E-state index contributed by atoms with van der Waals surface area (Å²) in [5.41, 5.74) is 6.32. The Morgan fingerprint density at radius 2 is 2.06 bits per heavy atom. The van der Waals surface area contributed by atoms with Crippen molar-refractivity contribution in [2.75, 3.05) is 5.32 Å². The molecule has 2 aromatic rings. The summed E-state index contributed by atoms with van der Waals surface area (Å²) in [5.74, 6) is 0. The molecule has 2 rings (SSSR count). The van der Waals surface area contributed by atoms with E-state index in [0.717, 1.165) is 5.69 Å². The summed E-state index contributed by atoms with van der Waals surface area (Å²) in [7, 11) is 0. The van der Waals surface area contributed by atoms with Gasteiger partial charge in [-0.05, 0) is 34.7 Å². The first kappa shape index (κ1) is 10.4. The van der Waals surface area contributed by atoms with Gasteiger partial charge < -0.3 is 11.1 Å². The van der Waals surface area contributed by atoms with Crippen LogP contribution in [0.5, 0.6) is 0 Å². The zero-order chi connectivity index (χ0) is 11.5. The monoisotopic (exact) mass is 236 g/mol. The van der Waals surface area contributed by atoms with Crippen LogP contribution in [0.15, 0.2) is 29.4 Å². The third kappa shape index (κ3) is 2.11. The lowest BCUT2D eigenvalue weighted by Gasteiger charge is -2.03. The first-order chi connectivity index (χ1) is 7.66. The van der Waals surface area contributed by atoms with E-state index in [1.54, 1.807) is 24.3 Å². The highest BCUT2D eigenvalue weighted by Gasteiger charge is 2.04. The lowest BCUT2D eigenvalue weighted by molar-refractivity contribution is 0.259. The van der Waals surface area contributed by atoms with Gasteiger partial charge in [-0.15, -0.1) is 17.7 Å². The van der Waals surface area contributed by atoms with E-state index in [1.807, 2.05) is 0 Å². The Labute approximate surface area is 96.0 Å². The van der Waals surface area contributed by atoms with Crippen molar-refractivity contribution in [3.05, 3.63) is 24.3 Å². The molecule has 1 aromatic heterocycles. The molecular formula is C8H8N6OS. The number of carbonyl (C=O) groups excluding carboxylic acids is 1. The summed E-state index contributed by atoms with van der Waals surface area (Å²) < 4.78 is 1.46. The maximum atomic E-state index is 10.6. The number of rotatable bonds is 2. The summed E-state index contributed by atoms with van der Waals surface area (Å²) in [6.45, 7) is 0. The van der Waals surface area contributed by atoms with Crippen LogP contribution in [0.4, 0.5) is 10.5 Å². The minimum Gasteiger partial charge on any atom is -0.351 e. The molecule has 1 heterocycles. The minimum absolute atomic E-state index is 0.385. The van der Waals surface area contributed by atoms with Crippen LogP contribution < -0.4 is 11.1 Å². The van der Waals surface area contributed by atoms with Gasteiger partial charge in [-0.25, -0.2) is 4.79 Å². The highest BCUT2D eigenvalue weighted by Crippen LogP contribution is 2.14. The number of urea groups is 1. The summed E-state index contributed by atoms with van der Waals surface area (Å²) in [6, 6.07) is 6.25. The number of hydrogen-bond donors (Lipinski definition) is 3. The number of primary amides is 1. The predicted octanol–water partition coefficient (Wildman–Crippen LogP) is 0.442. The van der Waals surface area contributed by atoms with E-state index in [-0.39, 0.29) is 0 Å². The molecule has 8 heteroatoms. The van der Waals surface area contributed by atoms with E-state index in [0.29, 0.717) is 10.8 Å². The lowest BCUT2D eigenvalue weighted by atomic mass is 10.3. The molecule has 0 fully saturated rings. The number of aromatic nitrogens is 4. The van der Waals surface area contributed by atoms with Crippen LogP contribution in [0.25, 0.3) is 5.69 Å². The molecule has 0 aliphatic heterocycles. The van der Waals surface area contributed by atoms with E-state index in [9.17, 15) is 4.79 Å². The number of hydrogen-bond acceptors (Lipinski definition) is 5. The van der Waals surface area contributed by atoms with E-state index in [1.165, 1.54) is 4.68 Å². The number of benzene rings is 1. The highest BCUT2D eigenvalue weighted by molar-refractivity contribution is 7.80. The van der Waals surface area contributed by atoms with E-state index >= 15 is 0 Å². The SMILES string of the molecule is NC(=O)Nc1ccc(-n2nnnc2S)cc1. The summed E-state index contributed by atoms with van der Waals surface area (Å²) in [5, 5.41) is 13.7. The number of anilines is 1. The molecule has 2 amide bonds. The van der Waals surface area contributed by atoms with Gasteiger partial charge in [-0.3, -0.25) is 0 Å². The van der Waals surface area contributed by atoms with Crippen LogP contribution in [0.1, 0.15) is 0 Å². The van der Waals surface area contributed by atoms with Crippen LogP contribution in [-0.4, -0.2) is 26.2 Å². The molecule has 0 unspecified atom stereocenters. The number of carbonyl (C=O) groups is 1. The van der Waals surface area contributed by atoms with Gasteiger partial charge in [0.2, 0.25) is 5.16 Å². The van der Waals surface area contributed by atoms with Gasteiger partial charge in [-0.1, -0.05) is 0 Å². The van der Waals surface area contributed by atoms with Gasteiger partial charge in [0.1, 0.15) is 0 Å².